The third-order valence-electron chi connectivity index (χ3n) is 6.17. The number of rotatable bonds is 7. The number of para-hydroxylation sites is 1. The molecule has 1 fully saturated rings. The fourth-order valence-corrected chi connectivity index (χ4v) is 5.08. The Morgan fingerprint density at radius 2 is 1.65 bits per heavy atom. The van der Waals surface area contributed by atoms with Crippen LogP contribution in [0.4, 0.5) is 0 Å². The van der Waals surface area contributed by atoms with Crippen LogP contribution in [0.15, 0.2) is 65.8 Å². The first-order valence-corrected chi connectivity index (χ1v) is 12.0. The normalized spacial score (nSPS) is 18.6. The average molecular weight is 435 g/mol. The second-order valence-electron chi connectivity index (χ2n) is 8.44. The van der Waals surface area contributed by atoms with Gasteiger partial charge in [0, 0.05) is 25.2 Å². The van der Waals surface area contributed by atoms with Crippen LogP contribution in [0.3, 0.4) is 0 Å². The highest BCUT2D eigenvalue weighted by atomic mass is 32.2. The summed E-state index contributed by atoms with van der Waals surface area (Å²) in [6, 6.07) is 20.8. The summed E-state index contributed by atoms with van der Waals surface area (Å²) in [5, 5.41) is 9.68. The molecule has 1 aliphatic rings. The number of nitrogens with zero attached hydrogens (tertiary/aromatic N) is 4. The molecule has 4 rings (SSSR count). The zero-order valence-corrected chi connectivity index (χ0v) is 19.1. The fourth-order valence-electron chi connectivity index (χ4n) is 4.18. The van der Waals surface area contributed by atoms with E-state index in [1.807, 2.05) is 48.3 Å². The molecule has 0 bridgehead atoms. The first kappa shape index (κ1) is 21.6. The molecule has 6 heteroatoms. The molecule has 5 nitrogen and oxygen atoms in total. The van der Waals surface area contributed by atoms with Crippen LogP contribution in [0.2, 0.25) is 0 Å². The Kier molecular flexibility index (Phi) is 7.07. The van der Waals surface area contributed by atoms with Gasteiger partial charge in [0.15, 0.2) is 5.16 Å². The molecule has 0 saturated heterocycles. The van der Waals surface area contributed by atoms with Crippen molar-refractivity contribution in [3.63, 3.8) is 0 Å². The Bertz CT molecular complexity index is 981. The molecule has 1 saturated carbocycles. The molecule has 3 aromatic rings. The van der Waals surface area contributed by atoms with E-state index in [1.165, 1.54) is 30.2 Å². The number of aromatic nitrogens is 3. The second kappa shape index (κ2) is 10.1. The van der Waals surface area contributed by atoms with E-state index in [1.54, 1.807) is 0 Å². The Hall–Kier alpha value is -2.60. The number of hydrogen-bond acceptors (Lipinski definition) is 4. The summed E-state index contributed by atoms with van der Waals surface area (Å²) in [6.45, 7) is 2.30. The molecule has 0 N–H and O–H groups in total. The van der Waals surface area contributed by atoms with Crippen LogP contribution in [0.1, 0.15) is 44.0 Å². The van der Waals surface area contributed by atoms with Gasteiger partial charge in [-0.25, -0.2) is 0 Å². The van der Waals surface area contributed by atoms with Gasteiger partial charge in [-0.05, 0) is 49.3 Å². The molecule has 31 heavy (non-hydrogen) atoms. The molecule has 1 heterocycles. The molecule has 1 aromatic heterocycles. The Labute approximate surface area is 188 Å². The summed E-state index contributed by atoms with van der Waals surface area (Å²) in [5.41, 5.74) is 2.20. The van der Waals surface area contributed by atoms with Gasteiger partial charge in [-0.2, -0.15) is 0 Å². The lowest BCUT2D eigenvalue weighted by Gasteiger charge is -2.33. The molecule has 0 aliphatic heterocycles. The van der Waals surface area contributed by atoms with Crippen LogP contribution in [0, 0.1) is 5.92 Å². The lowest BCUT2D eigenvalue weighted by Crippen LogP contribution is -2.40. The number of carbonyl (C=O) groups is 1. The van der Waals surface area contributed by atoms with Gasteiger partial charge in [0.25, 0.3) is 0 Å². The number of amides is 1. The topological polar surface area (TPSA) is 51.0 Å². The smallest absolute Gasteiger partial charge is 0.233 e. The van der Waals surface area contributed by atoms with Gasteiger partial charge in [0.1, 0.15) is 5.82 Å². The SMILES string of the molecule is CC1CCC(N(C)C(=O)CSc2nnc(Cc3ccccc3)n2-c2ccccc2)CC1. The van der Waals surface area contributed by atoms with Gasteiger partial charge < -0.3 is 4.90 Å². The van der Waals surface area contributed by atoms with Crippen molar-refractivity contribution in [2.24, 2.45) is 5.92 Å². The maximum Gasteiger partial charge on any atom is 0.233 e. The first-order valence-electron chi connectivity index (χ1n) is 11.0. The molecule has 1 aliphatic carbocycles. The van der Waals surface area contributed by atoms with Crippen molar-refractivity contribution in [2.45, 2.75) is 50.2 Å². The Morgan fingerprint density at radius 3 is 2.32 bits per heavy atom. The lowest BCUT2D eigenvalue weighted by atomic mass is 9.87. The van der Waals surface area contributed by atoms with Crippen molar-refractivity contribution < 1.29 is 4.79 Å². The van der Waals surface area contributed by atoms with Crippen molar-refractivity contribution >= 4 is 17.7 Å². The second-order valence-corrected chi connectivity index (χ2v) is 9.38. The highest BCUT2D eigenvalue weighted by Crippen LogP contribution is 2.28. The van der Waals surface area contributed by atoms with Crippen LogP contribution >= 0.6 is 11.8 Å². The lowest BCUT2D eigenvalue weighted by molar-refractivity contribution is -0.129. The summed E-state index contributed by atoms with van der Waals surface area (Å²) in [6.07, 6.45) is 5.32. The molecular weight excluding hydrogens is 404 g/mol. The van der Waals surface area contributed by atoms with Crippen molar-refractivity contribution in [1.82, 2.24) is 19.7 Å². The third kappa shape index (κ3) is 5.37. The van der Waals surface area contributed by atoms with Crippen LogP contribution in [0.25, 0.3) is 5.69 Å². The molecule has 0 radical (unpaired) electrons. The van der Waals surface area contributed by atoms with E-state index in [2.05, 4.69) is 46.0 Å². The standard InChI is InChI=1S/C25H30N4OS/c1-19-13-15-21(16-14-19)28(2)24(30)18-31-25-27-26-23(17-20-9-5-3-6-10-20)29(25)22-11-7-4-8-12-22/h3-12,19,21H,13-18H2,1-2H3. The number of carbonyl (C=O) groups excluding carboxylic acids is 1. The molecule has 0 spiro atoms. The quantitative estimate of drug-likeness (QED) is 0.492. The van der Waals surface area contributed by atoms with E-state index in [9.17, 15) is 4.79 Å². The van der Waals surface area contributed by atoms with Crippen LogP contribution in [0.5, 0.6) is 0 Å². The summed E-state index contributed by atoms with van der Waals surface area (Å²) < 4.78 is 2.08. The fraction of sp³-hybridized carbons (Fsp3) is 0.400. The van der Waals surface area contributed by atoms with Crippen molar-refractivity contribution in [2.75, 3.05) is 12.8 Å². The maximum absolute atomic E-state index is 12.9. The van der Waals surface area contributed by atoms with Gasteiger partial charge in [0.05, 0.1) is 5.75 Å². The van der Waals surface area contributed by atoms with E-state index < -0.39 is 0 Å². The van der Waals surface area contributed by atoms with Crippen LogP contribution in [-0.4, -0.2) is 44.4 Å². The first-order chi connectivity index (χ1) is 15.1. The zero-order valence-electron chi connectivity index (χ0n) is 18.3. The number of hydrogen-bond donors (Lipinski definition) is 0. The summed E-state index contributed by atoms with van der Waals surface area (Å²) in [5.74, 6) is 2.19. The largest absolute Gasteiger partial charge is 0.342 e. The van der Waals surface area contributed by atoms with Gasteiger partial charge in [-0.3, -0.25) is 9.36 Å². The van der Waals surface area contributed by atoms with Gasteiger partial charge >= 0.3 is 0 Å². The van der Waals surface area contributed by atoms with Crippen molar-refractivity contribution in [1.29, 1.82) is 0 Å². The summed E-state index contributed by atoms with van der Waals surface area (Å²) in [4.78, 5) is 14.8. The molecule has 1 amide bonds. The molecule has 162 valence electrons. The minimum absolute atomic E-state index is 0.164. The third-order valence-corrected chi connectivity index (χ3v) is 7.08. The van der Waals surface area contributed by atoms with Gasteiger partial charge in [-0.1, -0.05) is 67.2 Å². The van der Waals surface area contributed by atoms with E-state index in [0.29, 0.717) is 18.2 Å². The van der Waals surface area contributed by atoms with Crippen molar-refractivity contribution in [3.8, 4) is 5.69 Å². The predicted molar refractivity (Wildman–Crippen MR) is 126 cm³/mol. The van der Waals surface area contributed by atoms with Crippen LogP contribution < -0.4 is 0 Å². The minimum atomic E-state index is 0.164. The molecular formula is C25H30N4OS. The highest BCUT2D eigenvalue weighted by molar-refractivity contribution is 7.99. The zero-order chi connectivity index (χ0) is 21.6. The van der Waals surface area contributed by atoms with Crippen LogP contribution in [-0.2, 0) is 11.2 Å². The summed E-state index contributed by atoms with van der Waals surface area (Å²) in [7, 11) is 1.95. The van der Waals surface area contributed by atoms with Gasteiger partial charge in [0.2, 0.25) is 5.91 Å². The predicted octanol–water partition coefficient (Wildman–Crippen LogP) is 4.99. The summed E-state index contributed by atoms with van der Waals surface area (Å²) >= 11 is 1.47. The van der Waals surface area contributed by atoms with Gasteiger partial charge in [-0.15, -0.1) is 10.2 Å². The van der Waals surface area contributed by atoms with E-state index in [0.717, 1.165) is 35.4 Å². The Balaban J connectivity index is 1.49. The maximum atomic E-state index is 12.9. The minimum Gasteiger partial charge on any atom is -0.342 e. The molecule has 0 unspecified atom stereocenters. The van der Waals surface area contributed by atoms with E-state index >= 15 is 0 Å². The average Bonchev–Trinajstić information content (AvgIpc) is 3.21. The Morgan fingerprint density at radius 1 is 1.00 bits per heavy atom. The van der Waals surface area contributed by atoms with Crippen molar-refractivity contribution in [3.05, 3.63) is 72.1 Å². The van der Waals surface area contributed by atoms with E-state index in [-0.39, 0.29) is 5.91 Å². The molecule has 2 aromatic carbocycles. The number of thioether (sulfide) groups is 1. The van der Waals surface area contributed by atoms with E-state index in [4.69, 9.17) is 0 Å². The number of benzene rings is 2. The highest BCUT2D eigenvalue weighted by Gasteiger charge is 2.25. The molecule has 0 atom stereocenters. The monoisotopic (exact) mass is 434 g/mol.